The molecule has 1 fully saturated rings. The van der Waals surface area contributed by atoms with Gasteiger partial charge in [-0.15, -0.1) is 0 Å². The SMILES string of the molecule is O=C(O)C(F)(F)F.c1ccc(CCc2noc([C@@H]3CCCN3)n2)cc1. The second-order valence-corrected chi connectivity index (χ2v) is 5.49. The molecule has 9 heteroatoms. The van der Waals surface area contributed by atoms with Crippen LogP contribution in [0.25, 0.3) is 0 Å². The van der Waals surface area contributed by atoms with Crippen molar-refractivity contribution in [1.82, 2.24) is 15.5 Å². The van der Waals surface area contributed by atoms with E-state index in [4.69, 9.17) is 14.4 Å². The number of aryl methyl sites for hydroxylation is 2. The summed E-state index contributed by atoms with van der Waals surface area (Å²) in [5.41, 5.74) is 1.31. The van der Waals surface area contributed by atoms with Crippen LogP contribution in [0.2, 0.25) is 0 Å². The van der Waals surface area contributed by atoms with E-state index in [9.17, 15) is 13.2 Å². The summed E-state index contributed by atoms with van der Waals surface area (Å²) in [4.78, 5) is 13.4. The smallest absolute Gasteiger partial charge is 0.475 e. The van der Waals surface area contributed by atoms with E-state index >= 15 is 0 Å². The zero-order valence-electron chi connectivity index (χ0n) is 13.3. The third-order valence-corrected chi connectivity index (χ3v) is 3.56. The lowest BCUT2D eigenvalue weighted by molar-refractivity contribution is -0.192. The van der Waals surface area contributed by atoms with Crippen LogP contribution in [0.1, 0.15) is 36.2 Å². The predicted molar refractivity (Wildman–Crippen MR) is 81.8 cm³/mol. The Balaban J connectivity index is 0.000000277. The van der Waals surface area contributed by atoms with Gasteiger partial charge in [0.05, 0.1) is 6.04 Å². The first-order valence-corrected chi connectivity index (χ1v) is 7.76. The van der Waals surface area contributed by atoms with Crippen molar-refractivity contribution in [3.05, 3.63) is 47.6 Å². The van der Waals surface area contributed by atoms with Crippen molar-refractivity contribution in [3.63, 3.8) is 0 Å². The summed E-state index contributed by atoms with van der Waals surface area (Å²) in [5.74, 6) is -1.20. The zero-order valence-corrected chi connectivity index (χ0v) is 13.3. The molecule has 0 radical (unpaired) electrons. The van der Waals surface area contributed by atoms with E-state index in [2.05, 4.69) is 39.7 Å². The van der Waals surface area contributed by atoms with Gasteiger partial charge in [-0.3, -0.25) is 0 Å². The summed E-state index contributed by atoms with van der Waals surface area (Å²) in [6.45, 7) is 1.05. The number of benzene rings is 1. The standard InChI is InChI=1S/C14H17N3O.C2HF3O2/c1-2-5-11(6-3-1)8-9-13-16-14(18-17-13)12-7-4-10-15-12;3-2(4,5)1(6)7/h1-3,5-6,12,15H,4,7-10H2;(H,6,7)/t12-;/m0./s1. The Morgan fingerprint density at radius 2 is 1.96 bits per heavy atom. The molecule has 1 aromatic carbocycles. The Labute approximate surface area is 142 Å². The summed E-state index contributed by atoms with van der Waals surface area (Å²) in [5, 5.41) is 14.5. The molecule has 25 heavy (non-hydrogen) atoms. The lowest BCUT2D eigenvalue weighted by Gasteiger charge is -2.01. The third kappa shape index (κ3) is 6.18. The normalized spacial score (nSPS) is 17.0. The van der Waals surface area contributed by atoms with Gasteiger partial charge in [-0.1, -0.05) is 35.5 Å². The molecule has 0 unspecified atom stereocenters. The quantitative estimate of drug-likeness (QED) is 0.875. The number of aromatic nitrogens is 2. The van der Waals surface area contributed by atoms with Crippen molar-refractivity contribution < 1.29 is 27.6 Å². The van der Waals surface area contributed by atoms with Crippen LogP contribution in [0.4, 0.5) is 13.2 Å². The maximum atomic E-state index is 10.6. The fourth-order valence-electron chi connectivity index (χ4n) is 2.31. The number of nitrogens with zero attached hydrogens (tertiary/aromatic N) is 2. The van der Waals surface area contributed by atoms with Gasteiger partial charge in [-0.2, -0.15) is 18.2 Å². The molecule has 136 valence electrons. The first kappa shape index (κ1) is 18.9. The number of hydrogen-bond donors (Lipinski definition) is 2. The fourth-order valence-corrected chi connectivity index (χ4v) is 2.31. The Kier molecular flexibility index (Phi) is 6.51. The minimum absolute atomic E-state index is 0.267. The second-order valence-electron chi connectivity index (χ2n) is 5.49. The molecule has 1 aliphatic rings. The van der Waals surface area contributed by atoms with Crippen LogP contribution in [0.3, 0.4) is 0 Å². The highest BCUT2D eigenvalue weighted by Gasteiger charge is 2.38. The zero-order chi connectivity index (χ0) is 18.3. The van der Waals surface area contributed by atoms with Crippen LogP contribution in [-0.4, -0.2) is 33.9 Å². The molecule has 1 aromatic heterocycles. The topological polar surface area (TPSA) is 88.2 Å². The van der Waals surface area contributed by atoms with Gasteiger partial charge in [0.15, 0.2) is 5.82 Å². The molecule has 0 spiro atoms. The molecule has 3 rings (SSSR count). The number of carboxylic acid groups (broad SMARTS) is 1. The lowest BCUT2D eigenvalue weighted by atomic mass is 10.1. The number of carbonyl (C=O) groups is 1. The Morgan fingerprint density at radius 3 is 2.52 bits per heavy atom. The van der Waals surface area contributed by atoms with Gasteiger partial charge in [-0.25, -0.2) is 4.79 Å². The van der Waals surface area contributed by atoms with Crippen molar-refractivity contribution >= 4 is 5.97 Å². The highest BCUT2D eigenvalue weighted by atomic mass is 19.4. The minimum atomic E-state index is -5.08. The van der Waals surface area contributed by atoms with Gasteiger partial charge in [0, 0.05) is 6.42 Å². The number of rotatable bonds is 4. The molecule has 1 aliphatic heterocycles. The second kappa shape index (κ2) is 8.61. The van der Waals surface area contributed by atoms with Gasteiger partial charge in [0.2, 0.25) is 5.89 Å². The van der Waals surface area contributed by atoms with E-state index in [1.807, 2.05) is 6.07 Å². The molecular weight excluding hydrogens is 339 g/mol. The number of halogens is 3. The maximum Gasteiger partial charge on any atom is 0.490 e. The highest BCUT2D eigenvalue weighted by molar-refractivity contribution is 5.73. The third-order valence-electron chi connectivity index (χ3n) is 3.56. The first-order chi connectivity index (χ1) is 11.9. The maximum absolute atomic E-state index is 10.6. The van der Waals surface area contributed by atoms with E-state index in [-0.39, 0.29) is 6.04 Å². The summed E-state index contributed by atoms with van der Waals surface area (Å²) in [6.07, 6.45) is -1.01. The van der Waals surface area contributed by atoms with Crippen molar-refractivity contribution in [2.45, 2.75) is 37.9 Å². The Morgan fingerprint density at radius 1 is 1.28 bits per heavy atom. The molecular formula is C16H18F3N3O3. The molecule has 0 aliphatic carbocycles. The van der Waals surface area contributed by atoms with Crippen molar-refractivity contribution in [2.75, 3.05) is 6.54 Å². The number of hydrogen-bond acceptors (Lipinski definition) is 5. The summed E-state index contributed by atoms with van der Waals surface area (Å²) >= 11 is 0. The number of alkyl halides is 3. The van der Waals surface area contributed by atoms with E-state index in [1.165, 1.54) is 12.0 Å². The molecule has 1 atom stereocenters. The van der Waals surface area contributed by atoms with Gasteiger partial charge in [0.25, 0.3) is 0 Å². The monoisotopic (exact) mass is 357 g/mol. The summed E-state index contributed by atoms with van der Waals surface area (Å²) in [6, 6.07) is 10.7. The van der Waals surface area contributed by atoms with Crippen LogP contribution in [0, 0.1) is 0 Å². The molecule has 0 saturated carbocycles. The average molecular weight is 357 g/mol. The van der Waals surface area contributed by atoms with Crippen molar-refractivity contribution in [2.24, 2.45) is 0 Å². The number of carboxylic acids is 1. The van der Waals surface area contributed by atoms with Gasteiger partial charge >= 0.3 is 12.1 Å². The molecule has 0 bridgehead atoms. The highest BCUT2D eigenvalue weighted by Crippen LogP contribution is 2.21. The molecule has 2 N–H and O–H groups in total. The summed E-state index contributed by atoms with van der Waals surface area (Å²) < 4.78 is 37.0. The van der Waals surface area contributed by atoms with E-state index < -0.39 is 12.1 Å². The first-order valence-electron chi connectivity index (χ1n) is 7.76. The van der Waals surface area contributed by atoms with Crippen LogP contribution in [0.15, 0.2) is 34.9 Å². The number of nitrogens with one attached hydrogen (secondary N) is 1. The largest absolute Gasteiger partial charge is 0.490 e. The molecule has 0 amide bonds. The van der Waals surface area contributed by atoms with Gasteiger partial charge in [0.1, 0.15) is 0 Å². The van der Waals surface area contributed by atoms with Crippen LogP contribution in [-0.2, 0) is 17.6 Å². The predicted octanol–water partition coefficient (Wildman–Crippen LogP) is 2.91. The van der Waals surface area contributed by atoms with Crippen molar-refractivity contribution in [1.29, 1.82) is 0 Å². The Bertz CT molecular complexity index is 668. The lowest BCUT2D eigenvalue weighted by Crippen LogP contribution is -2.21. The number of aliphatic carboxylic acids is 1. The van der Waals surface area contributed by atoms with Crippen LogP contribution in [0.5, 0.6) is 0 Å². The van der Waals surface area contributed by atoms with Crippen LogP contribution < -0.4 is 5.32 Å². The van der Waals surface area contributed by atoms with Gasteiger partial charge in [-0.05, 0) is 31.4 Å². The van der Waals surface area contributed by atoms with E-state index in [0.29, 0.717) is 0 Å². The molecule has 2 heterocycles. The van der Waals surface area contributed by atoms with Crippen molar-refractivity contribution in [3.8, 4) is 0 Å². The van der Waals surface area contributed by atoms with E-state index in [1.54, 1.807) is 0 Å². The Hall–Kier alpha value is -2.42. The fraction of sp³-hybridized carbons (Fsp3) is 0.438. The molecule has 2 aromatic rings. The van der Waals surface area contributed by atoms with E-state index in [0.717, 1.165) is 37.5 Å². The average Bonchev–Trinajstić information content (AvgIpc) is 3.25. The molecule has 6 nitrogen and oxygen atoms in total. The van der Waals surface area contributed by atoms with Crippen LogP contribution >= 0.6 is 0 Å². The summed E-state index contributed by atoms with van der Waals surface area (Å²) in [7, 11) is 0. The molecule has 1 saturated heterocycles. The minimum Gasteiger partial charge on any atom is -0.475 e. The van der Waals surface area contributed by atoms with Gasteiger partial charge < -0.3 is 14.9 Å².